The van der Waals surface area contributed by atoms with Gasteiger partial charge in [-0.25, -0.2) is 27.9 Å². The molecule has 1 atom stereocenters. The van der Waals surface area contributed by atoms with Gasteiger partial charge in [-0.15, -0.1) is 0 Å². The second-order valence-corrected chi connectivity index (χ2v) is 10.3. The van der Waals surface area contributed by atoms with Crippen LogP contribution in [0.15, 0.2) is 66.7 Å². The van der Waals surface area contributed by atoms with Crippen LogP contribution >= 0.6 is 0 Å². The molecule has 6 rings (SSSR count). The van der Waals surface area contributed by atoms with Crippen molar-refractivity contribution >= 4 is 17.0 Å². The third kappa shape index (κ3) is 5.58. The van der Waals surface area contributed by atoms with Crippen molar-refractivity contribution in [3.63, 3.8) is 0 Å². The maximum absolute atomic E-state index is 15.4. The van der Waals surface area contributed by atoms with Crippen LogP contribution in [0, 0.1) is 24.4 Å². The number of carboxylic acid groups (broad SMARTS) is 1. The number of ether oxygens (including phenoxy) is 2. The van der Waals surface area contributed by atoms with Gasteiger partial charge in [-0.1, -0.05) is 24.3 Å². The zero-order chi connectivity index (χ0) is 29.4. The highest BCUT2D eigenvalue weighted by atomic mass is 19.1. The van der Waals surface area contributed by atoms with Gasteiger partial charge in [0, 0.05) is 30.2 Å². The summed E-state index contributed by atoms with van der Waals surface area (Å²) in [5, 5.41) is 9.45. The molecule has 3 aromatic carbocycles. The first kappa shape index (κ1) is 27.5. The minimum atomic E-state index is -1.05. The molecule has 214 valence electrons. The summed E-state index contributed by atoms with van der Waals surface area (Å²) in [6.45, 7) is 2.80. The van der Waals surface area contributed by atoms with Gasteiger partial charge < -0.3 is 19.1 Å². The van der Waals surface area contributed by atoms with E-state index in [0.29, 0.717) is 41.1 Å². The average Bonchev–Trinajstić information content (AvgIpc) is 3.28. The molecule has 0 saturated carbocycles. The Morgan fingerprint density at radius 2 is 1.76 bits per heavy atom. The number of rotatable bonds is 9. The van der Waals surface area contributed by atoms with Gasteiger partial charge in [0.15, 0.2) is 0 Å². The number of aromatic carboxylic acids is 1. The summed E-state index contributed by atoms with van der Waals surface area (Å²) in [5.74, 6) is -2.07. The second kappa shape index (κ2) is 11.3. The van der Waals surface area contributed by atoms with Crippen molar-refractivity contribution in [3.8, 4) is 17.1 Å². The molecule has 0 spiro atoms. The lowest BCUT2D eigenvalue weighted by atomic mass is 10.0. The third-order valence-corrected chi connectivity index (χ3v) is 7.33. The molecule has 0 bridgehead atoms. The van der Waals surface area contributed by atoms with E-state index in [2.05, 4.69) is 9.97 Å². The molecule has 1 aliphatic rings. The van der Waals surface area contributed by atoms with E-state index < -0.39 is 23.4 Å². The molecule has 7 nitrogen and oxygen atoms in total. The average molecular weight is 574 g/mol. The zero-order valence-electron chi connectivity index (χ0n) is 22.6. The van der Waals surface area contributed by atoms with Crippen molar-refractivity contribution in [2.24, 2.45) is 0 Å². The van der Waals surface area contributed by atoms with Crippen LogP contribution in [0.4, 0.5) is 13.2 Å². The first-order valence-corrected chi connectivity index (χ1v) is 13.4. The molecule has 1 N–H and O–H groups in total. The Hall–Kier alpha value is -4.70. The van der Waals surface area contributed by atoms with Crippen LogP contribution in [0.1, 0.15) is 39.3 Å². The predicted octanol–water partition coefficient (Wildman–Crippen LogP) is 6.48. The molecule has 1 fully saturated rings. The Bertz CT molecular complexity index is 1820. The first-order chi connectivity index (χ1) is 20.2. The zero-order valence-corrected chi connectivity index (χ0v) is 22.6. The van der Waals surface area contributed by atoms with E-state index in [-0.39, 0.29) is 41.8 Å². The molecular weight excluding hydrogens is 547 g/mol. The molecule has 10 heteroatoms. The number of carboxylic acids is 1. The van der Waals surface area contributed by atoms with Gasteiger partial charge in [0.05, 0.1) is 29.2 Å². The summed E-state index contributed by atoms with van der Waals surface area (Å²) < 4.78 is 57.4. The Kier molecular flexibility index (Phi) is 7.38. The smallest absolute Gasteiger partial charge is 0.335 e. The molecule has 0 aliphatic carbocycles. The number of pyridine rings is 1. The van der Waals surface area contributed by atoms with E-state index >= 15 is 4.39 Å². The molecule has 42 heavy (non-hydrogen) atoms. The summed E-state index contributed by atoms with van der Waals surface area (Å²) in [7, 11) is 0. The summed E-state index contributed by atoms with van der Waals surface area (Å²) in [4.78, 5) is 20.4. The lowest BCUT2D eigenvalue weighted by Gasteiger charge is -2.27. The molecular formula is C32H26F3N3O4. The number of fused-ring (bicyclic) bond motifs is 1. The lowest BCUT2D eigenvalue weighted by molar-refractivity contribution is -0.0589. The van der Waals surface area contributed by atoms with Crippen LogP contribution in [0.3, 0.4) is 0 Å². The lowest BCUT2D eigenvalue weighted by Crippen LogP contribution is -2.31. The van der Waals surface area contributed by atoms with Gasteiger partial charge in [-0.05, 0) is 60.9 Å². The monoisotopic (exact) mass is 573 g/mol. The van der Waals surface area contributed by atoms with Crippen LogP contribution in [0.25, 0.3) is 22.3 Å². The number of halogens is 3. The topological polar surface area (TPSA) is 86.5 Å². The molecule has 2 aromatic heterocycles. The number of carbonyl (C=O) groups is 1. The summed E-state index contributed by atoms with van der Waals surface area (Å²) in [5.41, 5.74) is 2.90. The molecule has 0 unspecified atom stereocenters. The van der Waals surface area contributed by atoms with E-state index in [9.17, 15) is 18.7 Å². The van der Waals surface area contributed by atoms with Gasteiger partial charge in [-0.3, -0.25) is 0 Å². The summed E-state index contributed by atoms with van der Waals surface area (Å²) in [6.07, 6.45) is 0.951. The van der Waals surface area contributed by atoms with Gasteiger partial charge in [0.2, 0.25) is 5.88 Å². The molecule has 1 saturated heterocycles. The Labute approximate surface area is 239 Å². The summed E-state index contributed by atoms with van der Waals surface area (Å²) >= 11 is 0. The number of nitrogens with zero attached hydrogens (tertiary/aromatic N) is 3. The number of aryl methyl sites for hydroxylation is 1. The quantitative estimate of drug-likeness (QED) is 0.217. The number of aromatic nitrogens is 3. The van der Waals surface area contributed by atoms with Crippen molar-refractivity contribution in [1.82, 2.24) is 14.5 Å². The number of imidazole rings is 1. The van der Waals surface area contributed by atoms with Crippen LogP contribution in [-0.2, 0) is 24.3 Å². The largest absolute Gasteiger partial charge is 0.478 e. The fourth-order valence-corrected chi connectivity index (χ4v) is 4.91. The SMILES string of the molecule is Cc1ccc(COc2ccc(F)c(-c3ccc(Cc4nc5ccc(C(=O)O)cc5n4C[C@@H]4CCO4)c(F)c3)n2)c(F)c1. The van der Waals surface area contributed by atoms with E-state index in [4.69, 9.17) is 9.47 Å². The molecule has 5 aromatic rings. The summed E-state index contributed by atoms with van der Waals surface area (Å²) in [6, 6.07) is 16.3. The minimum Gasteiger partial charge on any atom is -0.478 e. The Morgan fingerprint density at radius 1 is 0.976 bits per heavy atom. The highest BCUT2D eigenvalue weighted by Crippen LogP contribution is 2.28. The van der Waals surface area contributed by atoms with Crippen molar-refractivity contribution < 1.29 is 32.5 Å². The maximum atomic E-state index is 15.4. The molecule has 1 aliphatic heterocycles. The van der Waals surface area contributed by atoms with Gasteiger partial charge in [0.1, 0.15) is 35.6 Å². The highest BCUT2D eigenvalue weighted by Gasteiger charge is 2.23. The third-order valence-electron chi connectivity index (χ3n) is 7.33. The fourth-order valence-electron chi connectivity index (χ4n) is 4.91. The Morgan fingerprint density at radius 3 is 2.48 bits per heavy atom. The normalized spacial score (nSPS) is 14.6. The van der Waals surface area contributed by atoms with Gasteiger partial charge >= 0.3 is 5.97 Å². The van der Waals surface area contributed by atoms with Crippen LogP contribution in [0.2, 0.25) is 0 Å². The van der Waals surface area contributed by atoms with Gasteiger partial charge in [-0.2, -0.15) is 0 Å². The fraction of sp³-hybridized carbons (Fsp3) is 0.219. The minimum absolute atomic E-state index is 0.0343. The van der Waals surface area contributed by atoms with Crippen molar-refractivity contribution in [1.29, 1.82) is 0 Å². The predicted molar refractivity (Wildman–Crippen MR) is 149 cm³/mol. The van der Waals surface area contributed by atoms with Crippen LogP contribution in [0.5, 0.6) is 5.88 Å². The van der Waals surface area contributed by atoms with Crippen LogP contribution in [-0.4, -0.2) is 38.3 Å². The molecule has 3 heterocycles. The van der Waals surface area contributed by atoms with Crippen LogP contribution < -0.4 is 4.74 Å². The molecule has 0 amide bonds. The Balaban J connectivity index is 1.26. The maximum Gasteiger partial charge on any atom is 0.335 e. The van der Waals surface area contributed by atoms with E-state index in [1.165, 1.54) is 30.3 Å². The first-order valence-electron chi connectivity index (χ1n) is 13.4. The molecule has 0 radical (unpaired) electrons. The van der Waals surface area contributed by atoms with Crippen molar-refractivity contribution in [2.75, 3.05) is 6.61 Å². The van der Waals surface area contributed by atoms with E-state index in [0.717, 1.165) is 12.0 Å². The van der Waals surface area contributed by atoms with Crippen molar-refractivity contribution in [2.45, 2.75) is 39.0 Å². The highest BCUT2D eigenvalue weighted by molar-refractivity contribution is 5.92. The number of hydrogen-bond donors (Lipinski definition) is 1. The van der Waals surface area contributed by atoms with E-state index in [1.54, 1.807) is 43.3 Å². The van der Waals surface area contributed by atoms with Crippen molar-refractivity contribution in [3.05, 3.63) is 112 Å². The van der Waals surface area contributed by atoms with Gasteiger partial charge in [0.25, 0.3) is 0 Å². The second-order valence-electron chi connectivity index (χ2n) is 10.3. The number of benzene rings is 3. The number of hydrogen-bond acceptors (Lipinski definition) is 5. The van der Waals surface area contributed by atoms with E-state index in [1.807, 2.05) is 4.57 Å². The standard InChI is InChI=1S/C32H26F3N3O4/c1-18-2-3-22(25(34)12-18)17-42-30-9-7-24(33)31(37-30)20-5-4-19(26(35)13-20)15-29-36-27-8-6-21(32(39)40)14-28(27)38(29)16-23-10-11-41-23/h2-9,12-14,23H,10-11,15-17H2,1H3,(H,39,40)/t23-/m0/s1.